The van der Waals surface area contributed by atoms with Crippen LogP contribution in [0.4, 0.5) is 14.9 Å². The number of para-hydroxylation sites is 1. The zero-order chi connectivity index (χ0) is 23.2. The van der Waals surface area contributed by atoms with Gasteiger partial charge in [0.15, 0.2) is 0 Å². The Bertz CT molecular complexity index is 1210. The molecule has 1 aliphatic rings. The van der Waals surface area contributed by atoms with Crippen molar-refractivity contribution in [1.82, 2.24) is 4.90 Å². The largest absolute Gasteiger partial charge is 0.488 e. The molecule has 0 aromatic heterocycles. The number of benzene rings is 3. The molecule has 1 N–H and O–H groups in total. The Morgan fingerprint density at radius 1 is 0.970 bits per heavy atom. The number of imide groups is 1. The second-order valence-corrected chi connectivity index (χ2v) is 8.13. The molecule has 1 fully saturated rings. The molecule has 0 unspecified atom stereocenters. The van der Waals surface area contributed by atoms with Crippen LogP contribution in [-0.4, -0.2) is 28.5 Å². The third-order valence-electron chi connectivity index (χ3n) is 4.75. The van der Waals surface area contributed by atoms with Crippen molar-refractivity contribution >= 4 is 40.6 Å². The van der Waals surface area contributed by atoms with Gasteiger partial charge >= 0.3 is 0 Å². The fraction of sp³-hybridized carbons (Fsp3) is 0.0800. The van der Waals surface area contributed by atoms with Crippen LogP contribution in [-0.2, 0) is 16.2 Å². The first-order valence-corrected chi connectivity index (χ1v) is 10.9. The lowest BCUT2D eigenvalue weighted by atomic mass is 10.1. The molecule has 0 aliphatic carbocycles. The van der Waals surface area contributed by atoms with Crippen molar-refractivity contribution in [3.8, 4) is 5.75 Å². The van der Waals surface area contributed by atoms with Crippen molar-refractivity contribution in [3.63, 3.8) is 0 Å². The van der Waals surface area contributed by atoms with Gasteiger partial charge in [-0.2, -0.15) is 0 Å². The van der Waals surface area contributed by atoms with Crippen LogP contribution in [0.25, 0.3) is 6.08 Å². The van der Waals surface area contributed by atoms with Crippen molar-refractivity contribution < 1.29 is 23.5 Å². The van der Waals surface area contributed by atoms with Crippen LogP contribution in [0.15, 0.2) is 83.8 Å². The third-order valence-corrected chi connectivity index (χ3v) is 5.65. The van der Waals surface area contributed by atoms with Gasteiger partial charge in [-0.05, 0) is 53.7 Å². The molecule has 3 aromatic rings. The van der Waals surface area contributed by atoms with E-state index >= 15 is 0 Å². The maximum absolute atomic E-state index is 13.0. The molecule has 3 aromatic carbocycles. The van der Waals surface area contributed by atoms with Crippen LogP contribution in [0.3, 0.4) is 0 Å². The number of anilines is 1. The molecule has 1 heterocycles. The molecule has 3 amide bonds. The average molecular weight is 463 g/mol. The lowest BCUT2D eigenvalue weighted by molar-refractivity contribution is -0.127. The van der Waals surface area contributed by atoms with Gasteiger partial charge in [0.25, 0.3) is 11.1 Å². The first-order valence-electron chi connectivity index (χ1n) is 10.1. The van der Waals surface area contributed by atoms with Crippen molar-refractivity contribution in [3.05, 3.63) is 101 Å². The zero-order valence-electron chi connectivity index (χ0n) is 17.4. The number of carbonyl (C=O) groups is 3. The molecule has 6 nitrogen and oxygen atoms in total. The summed E-state index contributed by atoms with van der Waals surface area (Å²) in [5.74, 6) is -0.979. The standard InChI is InChI=1S/C25H19FN2O4S/c26-19-10-12-20(13-11-19)27-23(29)15-28-24(30)22(33-25(28)31)14-18-8-4-5-9-21(18)32-16-17-6-2-1-3-7-17/h1-14H,15-16H2,(H,27,29)/b22-14-. The van der Waals surface area contributed by atoms with Gasteiger partial charge in [-0.15, -0.1) is 0 Å². The number of hydrogen-bond acceptors (Lipinski definition) is 5. The van der Waals surface area contributed by atoms with Gasteiger partial charge < -0.3 is 10.1 Å². The molecule has 33 heavy (non-hydrogen) atoms. The number of nitrogens with zero attached hydrogens (tertiary/aromatic N) is 1. The van der Waals surface area contributed by atoms with Crippen molar-refractivity contribution in [2.24, 2.45) is 0 Å². The van der Waals surface area contributed by atoms with E-state index in [2.05, 4.69) is 5.32 Å². The second kappa shape index (κ2) is 10.1. The minimum Gasteiger partial charge on any atom is -0.488 e. The average Bonchev–Trinajstić information content (AvgIpc) is 3.08. The topological polar surface area (TPSA) is 75.7 Å². The normalized spacial score (nSPS) is 14.6. The minimum atomic E-state index is -0.559. The Balaban J connectivity index is 1.44. The van der Waals surface area contributed by atoms with E-state index in [-0.39, 0.29) is 4.91 Å². The maximum atomic E-state index is 13.0. The first kappa shape index (κ1) is 22.3. The highest BCUT2D eigenvalue weighted by Crippen LogP contribution is 2.34. The van der Waals surface area contributed by atoms with Gasteiger partial charge in [-0.3, -0.25) is 19.3 Å². The number of ether oxygens (including phenoxy) is 1. The smallest absolute Gasteiger partial charge is 0.294 e. The molecule has 4 rings (SSSR count). The van der Waals surface area contributed by atoms with E-state index in [9.17, 15) is 18.8 Å². The molecule has 1 saturated heterocycles. The molecule has 1 aliphatic heterocycles. The predicted molar refractivity (Wildman–Crippen MR) is 125 cm³/mol. The van der Waals surface area contributed by atoms with Gasteiger partial charge in [-0.25, -0.2) is 4.39 Å². The number of thioether (sulfide) groups is 1. The Labute approximate surface area is 194 Å². The molecule has 0 atom stereocenters. The fourth-order valence-corrected chi connectivity index (χ4v) is 3.95. The van der Waals surface area contributed by atoms with Gasteiger partial charge in [0.2, 0.25) is 5.91 Å². The van der Waals surface area contributed by atoms with Crippen LogP contribution < -0.4 is 10.1 Å². The second-order valence-electron chi connectivity index (χ2n) is 7.14. The van der Waals surface area contributed by atoms with Crippen molar-refractivity contribution in [2.45, 2.75) is 6.61 Å². The molecular weight excluding hydrogens is 443 g/mol. The summed E-state index contributed by atoms with van der Waals surface area (Å²) < 4.78 is 18.9. The van der Waals surface area contributed by atoms with E-state index < -0.39 is 29.4 Å². The number of halogens is 1. The van der Waals surface area contributed by atoms with Gasteiger partial charge in [-0.1, -0.05) is 48.5 Å². The third kappa shape index (κ3) is 5.67. The van der Waals surface area contributed by atoms with E-state index in [0.717, 1.165) is 22.2 Å². The quantitative estimate of drug-likeness (QED) is 0.496. The molecule has 0 spiro atoms. The summed E-state index contributed by atoms with van der Waals surface area (Å²) in [5.41, 5.74) is 2.02. The maximum Gasteiger partial charge on any atom is 0.294 e. The number of amides is 3. The Morgan fingerprint density at radius 2 is 1.67 bits per heavy atom. The van der Waals surface area contributed by atoms with Crippen LogP contribution in [0.2, 0.25) is 0 Å². The van der Waals surface area contributed by atoms with Crippen LogP contribution in [0.5, 0.6) is 5.75 Å². The summed E-state index contributed by atoms with van der Waals surface area (Å²) in [4.78, 5) is 38.5. The van der Waals surface area contributed by atoms with E-state index in [4.69, 9.17) is 4.74 Å². The SMILES string of the molecule is O=C(CN1C(=O)S/C(=C\c2ccccc2OCc2ccccc2)C1=O)Nc1ccc(F)cc1. The Hall–Kier alpha value is -3.91. The van der Waals surface area contributed by atoms with Gasteiger partial charge in [0.1, 0.15) is 24.7 Å². The van der Waals surface area contributed by atoms with Crippen molar-refractivity contribution in [2.75, 3.05) is 11.9 Å². The van der Waals surface area contributed by atoms with Crippen molar-refractivity contribution in [1.29, 1.82) is 0 Å². The molecule has 0 radical (unpaired) electrons. The van der Waals surface area contributed by atoms with E-state index in [1.54, 1.807) is 18.2 Å². The predicted octanol–water partition coefficient (Wildman–Crippen LogP) is 5.08. The fourth-order valence-electron chi connectivity index (χ4n) is 3.12. The van der Waals surface area contributed by atoms with Gasteiger partial charge in [0.05, 0.1) is 4.91 Å². The summed E-state index contributed by atoms with van der Waals surface area (Å²) in [7, 11) is 0. The number of rotatable bonds is 7. The summed E-state index contributed by atoms with van der Waals surface area (Å²) in [6, 6.07) is 22.1. The number of hydrogen-bond donors (Lipinski definition) is 1. The summed E-state index contributed by atoms with van der Waals surface area (Å²) in [6.07, 6.45) is 1.59. The number of carbonyl (C=O) groups excluding carboxylic acids is 3. The highest BCUT2D eigenvalue weighted by atomic mass is 32.2. The lowest BCUT2D eigenvalue weighted by Gasteiger charge is -2.12. The Morgan fingerprint density at radius 3 is 2.42 bits per heavy atom. The first-order chi connectivity index (χ1) is 16.0. The number of nitrogens with one attached hydrogen (secondary N) is 1. The molecule has 8 heteroatoms. The summed E-state index contributed by atoms with van der Waals surface area (Å²) in [5, 5.41) is 2.00. The molecule has 166 valence electrons. The van der Waals surface area contributed by atoms with E-state index in [0.29, 0.717) is 23.6 Å². The lowest BCUT2D eigenvalue weighted by Crippen LogP contribution is -2.36. The zero-order valence-corrected chi connectivity index (χ0v) is 18.2. The van der Waals surface area contributed by atoms with E-state index in [1.807, 2.05) is 42.5 Å². The Kier molecular flexibility index (Phi) is 6.85. The monoisotopic (exact) mass is 462 g/mol. The van der Waals surface area contributed by atoms with Crippen LogP contribution in [0.1, 0.15) is 11.1 Å². The highest BCUT2D eigenvalue weighted by Gasteiger charge is 2.36. The van der Waals surface area contributed by atoms with E-state index in [1.165, 1.54) is 24.3 Å². The molecular formula is C25H19FN2O4S. The van der Waals surface area contributed by atoms with Crippen LogP contribution >= 0.6 is 11.8 Å². The highest BCUT2D eigenvalue weighted by molar-refractivity contribution is 8.18. The summed E-state index contributed by atoms with van der Waals surface area (Å²) in [6.45, 7) is -0.0811. The molecule has 0 bridgehead atoms. The minimum absolute atomic E-state index is 0.199. The van der Waals surface area contributed by atoms with Gasteiger partial charge in [0, 0.05) is 11.3 Å². The van der Waals surface area contributed by atoms with Crippen LogP contribution in [0, 0.1) is 5.82 Å². The summed E-state index contributed by atoms with van der Waals surface area (Å²) >= 11 is 0.763. The molecule has 0 saturated carbocycles.